The van der Waals surface area contributed by atoms with Crippen LogP contribution in [0, 0.1) is 56.7 Å². The molecule has 0 saturated heterocycles. The van der Waals surface area contributed by atoms with Gasteiger partial charge >= 0.3 is 5.97 Å². The molecular formula is C33H52N2O3. The Labute approximate surface area is 230 Å². The molecule has 0 amide bonds. The third-order valence-electron chi connectivity index (χ3n) is 14.0. The Morgan fingerprint density at radius 3 is 2.21 bits per heavy atom. The Morgan fingerprint density at radius 1 is 0.868 bits per heavy atom. The van der Waals surface area contributed by atoms with E-state index in [1.54, 1.807) is 6.92 Å². The monoisotopic (exact) mass is 524 g/mol. The van der Waals surface area contributed by atoms with Crippen LogP contribution >= 0.6 is 0 Å². The number of nitrogens with two attached hydrogens (primary N) is 1. The van der Waals surface area contributed by atoms with Crippen molar-refractivity contribution in [3.63, 3.8) is 0 Å². The van der Waals surface area contributed by atoms with Crippen molar-refractivity contribution in [2.24, 2.45) is 67.6 Å². The van der Waals surface area contributed by atoms with Crippen LogP contribution in [-0.2, 0) is 14.3 Å². The number of ether oxygens (including phenoxy) is 1. The van der Waals surface area contributed by atoms with Gasteiger partial charge in [-0.25, -0.2) is 0 Å². The Hall–Kier alpha value is -1.65. The topological polar surface area (TPSA) is 81.8 Å². The normalized spacial score (nSPS) is 49.3. The van der Waals surface area contributed by atoms with Gasteiger partial charge in [0, 0.05) is 17.8 Å². The summed E-state index contributed by atoms with van der Waals surface area (Å²) in [6.45, 7) is 20.7. The highest BCUT2D eigenvalue weighted by molar-refractivity contribution is 6.30. The summed E-state index contributed by atoms with van der Waals surface area (Å²) in [6, 6.07) is 0. The average Bonchev–Trinajstić information content (AvgIpc) is 3.23. The van der Waals surface area contributed by atoms with Crippen LogP contribution in [0.25, 0.3) is 0 Å². The van der Waals surface area contributed by atoms with Crippen molar-refractivity contribution in [2.45, 2.75) is 119 Å². The van der Waals surface area contributed by atoms with Gasteiger partial charge in [0.1, 0.15) is 6.10 Å². The van der Waals surface area contributed by atoms with Crippen LogP contribution in [0.15, 0.2) is 17.3 Å². The number of hydrogen-bond acceptors (Lipinski definition) is 5. The smallest absolute Gasteiger partial charge is 0.302 e. The third-order valence-corrected chi connectivity index (χ3v) is 14.0. The molecule has 2 N–H and O–H groups in total. The van der Waals surface area contributed by atoms with Gasteiger partial charge in [0.15, 0.2) is 5.78 Å². The highest BCUT2D eigenvalue weighted by atomic mass is 16.5. The average molecular weight is 525 g/mol. The summed E-state index contributed by atoms with van der Waals surface area (Å²) in [5, 5.41) is 3.70. The largest absolute Gasteiger partial charge is 0.462 e. The molecule has 0 aromatic rings. The molecule has 38 heavy (non-hydrogen) atoms. The molecule has 5 rings (SSSR count). The molecule has 5 fully saturated rings. The molecule has 0 aliphatic heterocycles. The summed E-state index contributed by atoms with van der Waals surface area (Å²) >= 11 is 0. The first-order valence-corrected chi connectivity index (χ1v) is 15.3. The number of carbonyl (C=O) groups excluding carboxylic acids is 2. The Kier molecular flexibility index (Phi) is 6.56. The van der Waals surface area contributed by atoms with E-state index in [0.717, 1.165) is 38.5 Å². The van der Waals surface area contributed by atoms with Gasteiger partial charge in [-0.1, -0.05) is 46.8 Å². The lowest BCUT2D eigenvalue weighted by Gasteiger charge is -2.72. The van der Waals surface area contributed by atoms with Crippen molar-refractivity contribution in [1.29, 1.82) is 0 Å². The molecule has 5 nitrogen and oxygen atoms in total. The fourth-order valence-corrected chi connectivity index (χ4v) is 12.1. The molecule has 5 saturated carbocycles. The minimum absolute atomic E-state index is 0.00897. The van der Waals surface area contributed by atoms with Crippen molar-refractivity contribution in [1.82, 2.24) is 0 Å². The molecule has 0 aromatic carbocycles. The van der Waals surface area contributed by atoms with Gasteiger partial charge in [0.2, 0.25) is 0 Å². The van der Waals surface area contributed by atoms with Crippen LogP contribution in [0.5, 0.6) is 0 Å². The van der Waals surface area contributed by atoms with E-state index >= 15 is 0 Å². The third kappa shape index (κ3) is 3.51. The van der Waals surface area contributed by atoms with Gasteiger partial charge in [-0.15, -0.1) is 0 Å². The van der Waals surface area contributed by atoms with E-state index < -0.39 is 0 Å². The summed E-state index contributed by atoms with van der Waals surface area (Å²) in [7, 11) is 0. The maximum atomic E-state index is 13.6. The van der Waals surface area contributed by atoms with E-state index in [-0.39, 0.29) is 44.9 Å². The van der Waals surface area contributed by atoms with Crippen LogP contribution in [-0.4, -0.2) is 24.1 Å². The SMILES string of the molecule is C=C(C)[C@@H]1CC[C@]2(C(=O)C=NN)CC[C@]3(C)C(CCC4[C@@]5(C)CC[C@H](OC(C)=O)C(C)(C)C5CC[C@]43C)C12. The number of allylic oxidation sites excluding steroid dienone is 1. The highest BCUT2D eigenvalue weighted by Gasteiger charge is 2.71. The Morgan fingerprint density at radius 2 is 1.58 bits per heavy atom. The van der Waals surface area contributed by atoms with Gasteiger partial charge in [-0.2, -0.15) is 5.10 Å². The lowest BCUT2D eigenvalue weighted by Crippen LogP contribution is -2.67. The molecule has 0 aromatic heterocycles. The molecule has 5 aliphatic rings. The Balaban J connectivity index is 1.53. The molecule has 212 valence electrons. The van der Waals surface area contributed by atoms with E-state index in [2.05, 4.69) is 53.2 Å². The number of hydrazone groups is 1. The molecular weight excluding hydrogens is 472 g/mol. The first-order valence-electron chi connectivity index (χ1n) is 15.3. The van der Waals surface area contributed by atoms with Crippen molar-refractivity contribution in [3.05, 3.63) is 12.2 Å². The van der Waals surface area contributed by atoms with E-state index in [1.807, 2.05) is 0 Å². The predicted octanol–water partition coefficient (Wildman–Crippen LogP) is 7.09. The quantitative estimate of drug-likeness (QED) is 0.140. The van der Waals surface area contributed by atoms with Gasteiger partial charge in [0.25, 0.3) is 0 Å². The first-order chi connectivity index (χ1) is 17.7. The van der Waals surface area contributed by atoms with E-state index in [9.17, 15) is 9.59 Å². The fraction of sp³-hybridized carbons (Fsp3) is 0.848. The number of rotatable bonds is 4. The maximum Gasteiger partial charge on any atom is 0.302 e. The second kappa shape index (κ2) is 8.93. The second-order valence-corrected chi connectivity index (χ2v) is 15.4. The number of carbonyl (C=O) groups is 2. The summed E-state index contributed by atoms with van der Waals surface area (Å²) < 4.78 is 5.90. The van der Waals surface area contributed by atoms with Gasteiger partial charge in [0.05, 0.1) is 6.21 Å². The molecule has 5 heteroatoms. The zero-order chi connectivity index (χ0) is 27.9. The summed E-state index contributed by atoms with van der Waals surface area (Å²) in [4.78, 5) is 25.6. The minimum Gasteiger partial charge on any atom is -0.462 e. The van der Waals surface area contributed by atoms with E-state index in [0.29, 0.717) is 29.6 Å². The lowest BCUT2D eigenvalue weighted by atomic mass is 9.32. The van der Waals surface area contributed by atoms with Crippen molar-refractivity contribution >= 4 is 18.0 Å². The zero-order valence-corrected chi connectivity index (χ0v) is 25.1. The van der Waals surface area contributed by atoms with Crippen molar-refractivity contribution in [3.8, 4) is 0 Å². The van der Waals surface area contributed by atoms with Crippen LogP contribution in [0.3, 0.4) is 0 Å². The van der Waals surface area contributed by atoms with Gasteiger partial charge in [-0.3, -0.25) is 9.59 Å². The fourth-order valence-electron chi connectivity index (χ4n) is 12.1. The molecule has 0 heterocycles. The van der Waals surface area contributed by atoms with Crippen molar-refractivity contribution < 1.29 is 14.3 Å². The number of hydrogen-bond donors (Lipinski definition) is 1. The van der Waals surface area contributed by atoms with Crippen LogP contribution in [0.4, 0.5) is 0 Å². The summed E-state index contributed by atoms with van der Waals surface area (Å²) in [5.74, 6) is 7.97. The molecule has 0 spiro atoms. The summed E-state index contributed by atoms with van der Waals surface area (Å²) in [6.07, 6.45) is 12.4. The van der Waals surface area contributed by atoms with Gasteiger partial charge in [-0.05, 0) is 117 Å². The first kappa shape index (κ1) is 27.9. The number of ketones is 1. The Bertz CT molecular complexity index is 1050. The van der Waals surface area contributed by atoms with E-state index in [1.165, 1.54) is 37.5 Å². The van der Waals surface area contributed by atoms with Crippen molar-refractivity contribution in [2.75, 3.05) is 0 Å². The molecule has 10 atom stereocenters. The molecule has 4 unspecified atom stereocenters. The van der Waals surface area contributed by atoms with Crippen LogP contribution in [0.2, 0.25) is 0 Å². The number of nitrogens with zero attached hydrogens (tertiary/aromatic N) is 1. The maximum absolute atomic E-state index is 13.6. The molecule has 0 radical (unpaired) electrons. The summed E-state index contributed by atoms with van der Waals surface area (Å²) in [5.41, 5.74) is 1.54. The van der Waals surface area contributed by atoms with E-state index in [4.69, 9.17) is 10.6 Å². The highest BCUT2D eigenvalue weighted by Crippen LogP contribution is 2.77. The predicted molar refractivity (Wildman–Crippen MR) is 152 cm³/mol. The minimum atomic E-state index is -0.328. The standard InChI is InChI=1S/C33H52N2O3/c1-20(2)22-11-16-33(26(37)19-35-34)18-17-31(7)23(28(22)33)9-10-25-30(6)14-13-27(38-21(3)36)29(4,5)24(30)12-15-32(25,31)8/h19,22-25,27-28H,1,9-18,34H2,2-8H3/t22-,23?,24?,25?,27-,28?,30-,31+,32+,33+/m0/s1. The molecule has 5 aliphatic carbocycles. The number of Topliss-reactive ketones (excluding diaryl/α,β-unsaturated/α-hetero) is 1. The zero-order valence-electron chi connectivity index (χ0n) is 25.1. The van der Waals surface area contributed by atoms with Crippen LogP contribution < -0.4 is 5.84 Å². The second-order valence-electron chi connectivity index (χ2n) is 15.4. The number of esters is 1. The molecule has 0 bridgehead atoms. The number of fused-ring (bicyclic) bond motifs is 7. The lowest BCUT2D eigenvalue weighted by molar-refractivity contribution is -0.248. The van der Waals surface area contributed by atoms with Crippen LogP contribution in [0.1, 0.15) is 113 Å². The van der Waals surface area contributed by atoms with Gasteiger partial charge < -0.3 is 10.6 Å².